The summed E-state index contributed by atoms with van der Waals surface area (Å²) >= 11 is 0. The minimum absolute atomic E-state index is 0.0492. The lowest BCUT2D eigenvalue weighted by atomic mass is 10.1. The van der Waals surface area contributed by atoms with Crippen LogP contribution in [0, 0.1) is 29.9 Å². The van der Waals surface area contributed by atoms with Crippen LogP contribution in [0.25, 0.3) is 0 Å². The highest BCUT2D eigenvalue weighted by Crippen LogP contribution is 2.32. The molecule has 0 amide bonds. The van der Waals surface area contributed by atoms with Crippen molar-refractivity contribution in [1.82, 2.24) is 5.32 Å². The topological polar surface area (TPSA) is 64.4 Å². The van der Waals surface area contributed by atoms with Crippen molar-refractivity contribution < 1.29 is 9.66 Å². The van der Waals surface area contributed by atoms with E-state index in [0.29, 0.717) is 18.3 Å². The van der Waals surface area contributed by atoms with Crippen LogP contribution in [0.15, 0.2) is 12.1 Å². The molecule has 1 rings (SSSR count). The maximum absolute atomic E-state index is 11.1. The summed E-state index contributed by atoms with van der Waals surface area (Å²) in [6.07, 6.45) is 0. The molecule has 1 unspecified atom stereocenters. The number of nitro groups is 1. The summed E-state index contributed by atoms with van der Waals surface area (Å²) in [7, 11) is 0. The molecular weight excluding hydrogens is 244 g/mol. The van der Waals surface area contributed by atoms with Gasteiger partial charge >= 0.3 is 5.69 Å². The second-order valence-corrected chi connectivity index (χ2v) is 4.91. The Morgan fingerprint density at radius 3 is 2.68 bits per heavy atom. The Labute approximate surface area is 114 Å². The van der Waals surface area contributed by atoms with Gasteiger partial charge in [0.25, 0.3) is 0 Å². The average molecular weight is 266 g/mol. The molecule has 1 N–H and O–H groups in total. The Morgan fingerprint density at radius 2 is 2.11 bits per heavy atom. The average Bonchev–Trinajstić information content (AvgIpc) is 2.34. The normalized spacial score (nSPS) is 12.2. The molecule has 0 aliphatic carbocycles. The predicted molar refractivity (Wildman–Crippen MR) is 75.8 cm³/mol. The zero-order valence-electron chi connectivity index (χ0n) is 12.0. The van der Waals surface area contributed by atoms with Crippen molar-refractivity contribution in [3.63, 3.8) is 0 Å². The molecule has 0 aliphatic heterocycles. The van der Waals surface area contributed by atoms with Crippen molar-refractivity contribution in [3.8, 4) is 5.75 Å². The number of hydrogen-bond acceptors (Lipinski definition) is 4. The van der Waals surface area contributed by atoms with Gasteiger partial charge in [-0.1, -0.05) is 19.9 Å². The molecule has 1 aromatic rings. The van der Waals surface area contributed by atoms with Crippen molar-refractivity contribution in [3.05, 3.63) is 33.4 Å². The fourth-order valence-corrected chi connectivity index (χ4v) is 1.93. The number of aryl methyl sites for hydroxylation is 2. The van der Waals surface area contributed by atoms with E-state index in [0.717, 1.165) is 24.2 Å². The summed E-state index contributed by atoms with van der Waals surface area (Å²) in [6, 6.07) is 3.45. The van der Waals surface area contributed by atoms with Crippen LogP contribution >= 0.6 is 0 Å². The van der Waals surface area contributed by atoms with E-state index in [2.05, 4.69) is 12.2 Å². The van der Waals surface area contributed by atoms with Crippen molar-refractivity contribution in [2.75, 3.05) is 19.7 Å². The molecule has 5 heteroatoms. The van der Waals surface area contributed by atoms with Crippen LogP contribution in [0.5, 0.6) is 5.75 Å². The Balaban J connectivity index is 2.80. The number of nitrogens with zero attached hydrogens (tertiary/aromatic N) is 1. The summed E-state index contributed by atoms with van der Waals surface area (Å²) in [4.78, 5) is 10.7. The minimum Gasteiger partial charge on any atom is -0.486 e. The van der Waals surface area contributed by atoms with Crippen LogP contribution < -0.4 is 10.1 Å². The second kappa shape index (κ2) is 7.09. The van der Waals surface area contributed by atoms with Crippen molar-refractivity contribution in [1.29, 1.82) is 0 Å². The summed E-state index contributed by atoms with van der Waals surface area (Å²) in [5.41, 5.74) is 1.73. The van der Waals surface area contributed by atoms with Crippen LogP contribution in [0.4, 0.5) is 5.69 Å². The lowest BCUT2D eigenvalue weighted by Gasteiger charge is -2.15. The molecule has 0 fully saturated rings. The molecule has 1 aromatic carbocycles. The highest BCUT2D eigenvalue weighted by atomic mass is 16.6. The Morgan fingerprint density at radius 1 is 1.42 bits per heavy atom. The molecule has 0 aromatic heterocycles. The van der Waals surface area contributed by atoms with E-state index in [9.17, 15) is 10.1 Å². The number of hydrogen-bond donors (Lipinski definition) is 1. The number of nitrogens with one attached hydrogen (secondary N) is 1. The number of ether oxygens (including phenoxy) is 1. The lowest BCUT2D eigenvalue weighted by Crippen LogP contribution is -2.25. The van der Waals surface area contributed by atoms with Gasteiger partial charge in [-0.3, -0.25) is 10.1 Å². The van der Waals surface area contributed by atoms with E-state index in [1.54, 1.807) is 6.07 Å². The van der Waals surface area contributed by atoms with Gasteiger partial charge in [-0.05, 0) is 31.5 Å². The third-order valence-corrected chi connectivity index (χ3v) is 2.85. The molecule has 19 heavy (non-hydrogen) atoms. The molecule has 0 saturated heterocycles. The zero-order valence-corrected chi connectivity index (χ0v) is 12.0. The first-order chi connectivity index (χ1) is 8.95. The fourth-order valence-electron chi connectivity index (χ4n) is 1.93. The Bertz CT molecular complexity index is 447. The second-order valence-electron chi connectivity index (χ2n) is 4.91. The largest absolute Gasteiger partial charge is 0.486 e. The van der Waals surface area contributed by atoms with Crippen molar-refractivity contribution in [2.24, 2.45) is 5.92 Å². The first-order valence-corrected chi connectivity index (χ1v) is 6.54. The van der Waals surface area contributed by atoms with Gasteiger partial charge in [-0.15, -0.1) is 0 Å². The summed E-state index contributed by atoms with van der Waals surface area (Å²) in [5.74, 6) is 0.694. The van der Waals surface area contributed by atoms with E-state index in [-0.39, 0.29) is 10.6 Å². The molecule has 0 spiro atoms. The van der Waals surface area contributed by atoms with Crippen molar-refractivity contribution >= 4 is 5.69 Å². The highest BCUT2D eigenvalue weighted by Gasteiger charge is 2.19. The van der Waals surface area contributed by atoms with E-state index in [1.165, 1.54) is 0 Å². The lowest BCUT2D eigenvalue weighted by molar-refractivity contribution is -0.386. The van der Waals surface area contributed by atoms with Crippen LogP contribution in [-0.2, 0) is 0 Å². The van der Waals surface area contributed by atoms with E-state index < -0.39 is 0 Å². The van der Waals surface area contributed by atoms with Gasteiger partial charge in [-0.25, -0.2) is 0 Å². The number of nitro benzene ring substituents is 1. The monoisotopic (exact) mass is 266 g/mol. The Hall–Kier alpha value is -1.62. The van der Waals surface area contributed by atoms with Crippen LogP contribution in [0.1, 0.15) is 25.0 Å². The smallest absolute Gasteiger partial charge is 0.311 e. The molecule has 0 radical (unpaired) electrons. The minimum atomic E-state index is -0.385. The van der Waals surface area contributed by atoms with Gasteiger partial charge in [0.15, 0.2) is 5.75 Å². The van der Waals surface area contributed by atoms with Gasteiger partial charge in [0.05, 0.1) is 11.5 Å². The van der Waals surface area contributed by atoms with E-state index >= 15 is 0 Å². The molecule has 106 valence electrons. The van der Waals surface area contributed by atoms with Gasteiger partial charge in [0.2, 0.25) is 0 Å². The third kappa shape index (κ3) is 4.52. The molecule has 0 aliphatic rings. The van der Waals surface area contributed by atoms with E-state index in [4.69, 9.17) is 4.74 Å². The van der Waals surface area contributed by atoms with Crippen molar-refractivity contribution in [2.45, 2.75) is 27.7 Å². The molecular formula is C14H22N2O3. The molecule has 5 nitrogen and oxygen atoms in total. The third-order valence-electron chi connectivity index (χ3n) is 2.85. The SMILES string of the molecule is CCNCC(C)COc1c(C)cc(C)cc1[N+](=O)[O-]. The Kier molecular flexibility index (Phi) is 5.76. The first-order valence-electron chi connectivity index (χ1n) is 6.54. The summed E-state index contributed by atoms with van der Waals surface area (Å²) < 4.78 is 5.66. The van der Waals surface area contributed by atoms with Crippen LogP contribution in [0.2, 0.25) is 0 Å². The van der Waals surface area contributed by atoms with Gasteiger partial charge in [-0.2, -0.15) is 0 Å². The molecule has 0 heterocycles. The predicted octanol–water partition coefficient (Wildman–Crippen LogP) is 2.84. The van der Waals surface area contributed by atoms with Gasteiger partial charge in [0.1, 0.15) is 0 Å². The summed E-state index contributed by atoms with van der Waals surface area (Å²) in [5, 5.41) is 14.3. The number of rotatable bonds is 7. The standard InChI is InChI=1S/C14H22N2O3/c1-5-15-8-11(3)9-19-14-12(4)6-10(2)7-13(14)16(17)18/h6-7,11,15H,5,8-9H2,1-4H3. The molecule has 1 atom stereocenters. The zero-order chi connectivity index (χ0) is 14.4. The fraction of sp³-hybridized carbons (Fsp3) is 0.571. The quantitative estimate of drug-likeness (QED) is 0.609. The van der Waals surface area contributed by atoms with Gasteiger partial charge < -0.3 is 10.1 Å². The maximum Gasteiger partial charge on any atom is 0.311 e. The van der Waals surface area contributed by atoms with Crippen LogP contribution in [0.3, 0.4) is 0 Å². The highest BCUT2D eigenvalue weighted by molar-refractivity contribution is 5.53. The molecule has 0 bridgehead atoms. The van der Waals surface area contributed by atoms with Gasteiger partial charge in [0, 0.05) is 18.5 Å². The maximum atomic E-state index is 11.1. The summed E-state index contributed by atoms with van der Waals surface area (Å²) in [6.45, 7) is 10.0. The molecule has 0 saturated carbocycles. The first kappa shape index (κ1) is 15.4. The van der Waals surface area contributed by atoms with E-state index in [1.807, 2.05) is 26.8 Å². The van der Waals surface area contributed by atoms with Crippen LogP contribution in [-0.4, -0.2) is 24.6 Å². The number of benzene rings is 1.